The number of aliphatic hydroxyl groups excluding tert-OH is 2. The topological polar surface area (TPSA) is 273 Å². The minimum atomic E-state index is -5.72. The second-order valence-electron chi connectivity index (χ2n) is 5.99. The van der Waals surface area contributed by atoms with Crippen LogP contribution in [0.4, 0.5) is 0 Å². The van der Waals surface area contributed by atoms with Gasteiger partial charge >= 0.3 is 23.5 Å². The molecule has 174 valence electrons. The number of phosphoric ester groups is 1. The molecule has 1 fully saturated rings. The zero-order chi connectivity index (χ0) is 23.2. The molecule has 1 aliphatic rings. The van der Waals surface area contributed by atoms with E-state index in [1.54, 1.807) is 0 Å². The van der Waals surface area contributed by atoms with Crippen molar-refractivity contribution in [3.05, 3.63) is 23.0 Å². The number of hydrogen-bond acceptors (Lipinski definition) is 12. The molecule has 0 amide bonds. The molecule has 2 aromatic heterocycles. The average Bonchev–Trinajstić information content (AvgIpc) is 3.13. The Bertz CT molecular complexity index is 1160. The summed E-state index contributed by atoms with van der Waals surface area (Å²) < 4.78 is 51.6. The molecule has 0 saturated carbocycles. The highest BCUT2D eigenvalue weighted by atomic mass is 31.3. The summed E-state index contributed by atoms with van der Waals surface area (Å²) in [7, 11) is -16.7. The van der Waals surface area contributed by atoms with E-state index in [0.29, 0.717) is 0 Å². The number of hydrogen-bond donors (Lipinski definition) is 7. The van der Waals surface area contributed by atoms with Gasteiger partial charge in [-0.05, 0) is 0 Å². The summed E-state index contributed by atoms with van der Waals surface area (Å²) in [6.07, 6.45) is -4.05. The molecule has 18 nitrogen and oxygen atoms in total. The molecular weight excluding hydrogens is 493 g/mol. The molecule has 0 aromatic carbocycles. The predicted molar refractivity (Wildman–Crippen MR) is 93.9 cm³/mol. The van der Waals surface area contributed by atoms with Gasteiger partial charge in [-0.15, -0.1) is 0 Å². The van der Waals surface area contributed by atoms with Crippen molar-refractivity contribution in [2.75, 3.05) is 6.61 Å². The number of imidazole rings is 1. The number of aromatic nitrogens is 4. The monoisotopic (exact) mass is 508 g/mol. The van der Waals surface area contributed by atoms with Gasteiger partial charge in [-0.25, -0.2) is 23.7 Å². The number of rotatable bonds is 8. The molecule has 2 aromatic rings. The molecule has 21 heteroatoms. The molecule has 7 N–H and O–H groups in total. The van der Waals surface area contributed by atoms with Crippen molar-refractivity contribution in [2.45, 2.75) is 24.5 Å². The van der Waals surface area contributed by atoms with E-state index < -0.39 is 60.2 Å². The summed E-state index contributed by atoms with van der Waals surface area (Å²) in [5, 5.41) is 20.3. The molecule has 3 heterocycles. The maximum absolute atomic E-state index is 11.8. The normalized spacial score (nSPS) is 28.5. The second-order valence-corrected chi connectivity index (χ2v) is 10.4. The minimum absolute atomic E-state index is 0.00599. The first-order valence-electron chi connectivity index (χ1n) is 7.89. The first-order chi connectivity index (χ1) is 14.2. The third kappa shape index (κ3) is 5.71. The van der Waals surface area contributed by atoms with Crippen LogP contribution in [0.5, 0.6) is 0 Å². The molecule has 0 aliphatic carbocycles. The summed E-state index contributed by atoms with van der Waals surface area (Å²) in [6.45, 7) is -0.987. The van der Waals surface area contributed by atoms with E-state index in [1.165, 1.54) is 0 Å². The lowest BCUT2D eigenvalue weighted by Crippen LogP contribution is -2.33. The number of aliphatic hydroxyl groups is 2. The van der Waals surface area contributed by atoms with Crippen molar-refractivity contribution in [1.29, 1.82) is 0 Å². The first kappa shape index (κ1) is 24.3. The van der Waals surface area contributed by atoms with Crippen molar-refractivity contribution >= 4 is 34.6 Å². The van der Waals surface area contributed by atoms with Crippen molar-refractivity contribution in [2.24, 2.45) is 0 Å². The number of aromatic amines is 1. The SMILES string of the molecule is O=c1[nH]cnc2c1ncn2[C@@H]1O[C@H](COP(=O)(O)OP(=O)(O)OP(=O)(O)O)[C@H](O)[C@@H]1O. The van der Waals surface area contributed by atoms with Crippen molar-refractivity contribution in [3.63, 3.8) is 0 Å². The first-order valence-corrected chi connectivity index (χ1v) is 12.4. The van der Waals surface area contributed by atoms with Gasteiger partial charge in [0.15, 0.2) is 17.4 Å². The van der Waals surface area contributed by atoms with E-state index in [9.17, 15) is 33.6 Å². The standard InChI is InChI=1S/C10H15N4O14P3/c15-6-4(1-25-30(21,22)28-31(23,24)27-29(18,19)20)26-10(7(6)16)14-3-13-5-8(14)11-2-12-9(5)17/h2-4,6-7,10,15-16H,1H2,(H,21,22)(H,23,24)(H,11,12,17)(H2,18,19,20)/t4-,6+,7+,10-/m1/s1. The van der Waals surface area contributed by atoms with E-state index in [2.05, 4.69) is 28.1 Å². The van der Waals surface area contributed by atoms with Gasteiger partial charge < -0.3 is 39.5 Å². The number of fused-ring (bicyclic) bond motifs is 1. The quantitative estimate of drug-likeness (QED) is 0.191. The lowest BCUT2D eigenvalue weighted by atomic mass is 10.1. The highest BCUT2D eigenvalue weighted by Crippen LogP contribution is 2.66. The van der Waals surface area contributed by atoms with Crippen LogP contribution in [0.3, 0.4) is 0 Å². The summed E-state index contributed by atoms with van der Waals surface area (Å²) in [5.74, 6) is 0. The van der Waals surface area contributed by atoms with Crippen LogP contribution in [0.15, 0.2) is 17.4 Å². The zero-order valence-electron chi connectivity index (χ0n) is 14.8. The predicted octanol–water partition coefficient (Wildman–Crippen LogP) is -1.92. The molecule has 0 spiro atoms. The van der Waals surface area contributed by atoms with Gasteiger partial charge in [-0.2, -0.15) is 8.62 Å². The average molecular weight is 508 g/mol. The second kappa shape index (κ2) is 8.53. The summed E-state index contributed by atoms with van der Waals surface area (Å²) in [6, 6.07) is 0. The number of ether oxygens (including phenoxy) is 1. The third-order valence-electron chi connectivity index (χ3n) is 3.79. The van der Waals surface area contributed by atoms with Crippen LogP contribution in [0.1, 0.15) is 6.23 Å². The van der Waals surface area contributed by atoms with Crippen LogP contribution in [0.25, 0.3) is 11.2 Å². The van der Waals surface area contributed by atoms with Crippen LogP contribution < -0.4 is 5.56 Å². The van der Waals surface area contributed by atoms with Crippen molar-refractivity contribution in [1.82, 2.24) is 19.5 Å². The Labute approximate surface area is 170 Å². The van der Waals surface area contributed by atoms with Gasteiger partial charge in [0.05, 0.1) is 19.3 Å². The van der Waals surface area contributed by atoms with Gasteiger partial charge in [0.1, 0.15) is 18.3 Å². The molecule has 0 bridgehead atoms. The van der Waals surface area contributed by atoms with Crippen LogP contribution in [0, 0.1) is 0 Å². The smallest absolute Gasteiger partial charge is 0.387 e. The van der Waals surface area contributed by atoms with E-state index in [0.717, 1.165) is 17.2 Å². The Morgan fingerprint density at radius 1 is 1.06 bits per heavy atom. The Morgan fingerprint density at radius 3 is 2.39 bits per heavy atom. The zero-order valence-corrected chi connectivity index (χ0v) is 17.5. The maximum atomic E-state index is 11.8. The van der Waals surface area contributed by atoms with Crippen molar-refractivity contribution < 1.29 is 61.4 Å². The highest BCUT2D eigenvalue weighted by Gasteiger charge is 2.47. The molecule has 1 aliphatic heterocycles. The van der Waals surface area contributed by atoms with Gasteiger partial charge in [0, 0.05) is 0 Å². The molecular formula is C10H15N4O14P3. The fourth-order valence-corrected chi connectivity index (χ4v) is 5.65. The van der Waals surface area contributed by atoms with Gasteiger partial charge in [0.2, 0.25) is 0 Å². The van der Waals surface area contributed by atoms with Crippen LogP contribution in [-0.2, 0) is 31.6 Å². The fourth-order valence-electron chi connectivity index (χ4n) is 2.62. The molecule has 31 heavy (non-hydrogen) atoms. The number of phosphoric acid groups is 3. The Balaban J connectivity index is 1.70. The number of nitrogens with one attached hydrogen (secondary N) is 1. The van der Waals surface area contributed by atoms with Gasteiger partial charge in [0.25, 0.3) is 5.56 Å². The van der Waals surface area contributed by atoms with Gasteiger partial charge in [-0.1, -0.05) is 0 Å². The summed E-state index contributed by atoms with van der Waals surface area (Å²) >= 11 is 0. The Hall–Kier alpha value is -1.36. The van der Waals surface area contributed by atoms with Crippen LogP contribution in [-0.4, -0.2) is 74.2 Å². The molecule has 6 atom stereocenters. The summed E-state index contributed by atoms with van der Waals surface area (Å²) in [5.41, 5.74) is -0.681. The van der Waals surface area contributed by atoms with Crippen LogP contribution >= 0.6 is 23.5 Å². The molecule has 1 saturated heterocycles. The Morgan fingerprint density at radius 2 is 1.74 bits per heavy atom. The largest absolute Gasteiger partial charge is 0.490 e. The molecule has 3 rings (SSSR count). The minimum Gasteiger partial charge on any atom is -0.387 e. The third-order valence-corrected chi connectivity index (χ3v) is 7.60. The maximum Gasteiger partial charge on any atom is 0.490 e. The number of nitrogens with zero attached hydrogens (tertiary/aromatic N) is 3. The van der Waals surface area contributed by atoms with Crippen molar-refractivity contribution in [3.8, 4) is 0 Å². The molecule has 0 radical (unpaired) electrons. The highest BCUT2D eigenvalue weighted by molar-refractivity contribution is 7.66. The lowest BCUT2D eigenvalue weighted by Gasteiger charge is -2.19. The van der Waals surface area contributed by atoms with E-state index in [-0.39, 0.29) is 11.2 Å². The lowest BCUT2D eigenvalue weighted by molar-refractivity contribution is -0.0503. The Kier molecular flexibility index (Phi) is 6.68. The number of H-pyrrole nitrogens is 1. The summed E-state index contributed by atoms with van der Waals surface area (Å²) in [4.78, 5) is 57.2. The molecule has 2 unspecified atom stereocenters. The van der Waals surface area contributed by atoms with E-state index in [1.807, 2.05) is 0 Å². The fraction of sp³-hybridized carbons (Fsp3) is 0.500. The van der Waals surface area contributed by atoms with Crippen LogP contribution in [0.2, 0.25) is 0 Å². The van der Waals surface area contributed by atoms with E-state index >= 15 is 0 Å². The van der Waals surface area contributed by atoms with E-state index in [4.69, 9.17) is 19.4 Å². The van der Waals surface area contributed by atoms with Gasteiger partial charge in [-0.3, -0.25) is 13.9 Å².